The van der Waals surface area contributed by atoms with Gasteiger partial charge in [-0.05, 0) is 58.5 Å². The molecular formula is C16H17ClINO. The second-order valence-electron chi connectivity index (χ2n) is 4.85. The Balaban J connectivity index is 2.09. The number of ether oxygens (including phenoxy) is 1. The van der Waals surface area contributed by atoms with Gasteiger partial charge in [-0.2, -0.15) is 0 Å². The van der Waals surface area contributed by atoms with E-state index in [1.54, 1.807) is 0 Å². The van der Waals surface area contributed by atoms with Gasteiger partial charge in [-0.1, -0.05) is 37.6 Å². The lowest BCUT2D eigenvalue weighted by molar-refractivity contribution is 0.482. The minimum absolute atomic E-state index is 0.438. The third-order valence-corrected chi connectivity index (χ3v) is 3.78. The van der Waals surface area contributed by atoms with Crippen LogP contribution in [0.15, 0.2) is 42.5 Å². The van der Waals surface area contributed by atoms with Gasteiger partial charge in [-0.3, -0.25) is 0 Å². The fourth-order valence-electron chi connectivity index (χ4n) is 1.72. The van der Waals surface area contributed by atoms with Gasteiger partial charge in [0.2, 0.25) is 0 Å². The lowest BCUT2D eigenvalue weighted by atomic mass is 10.2. The summed E-state index contributed by atoms with van der Waals surface area (Å²) in [6.07, 6.45) is 0. The minimum Gasteiger partial charge on any atom is -0.457 e. The summed E-state index contributed by atoms with van der Waals surface area (Å²) in [7, 11) is 0. The number of hydrogen-bond donors (Lipinski definition) is 1. The van der Waals surface area contributed by atoms with Gasteiger partial charge >= 0.3 is 0 Å². The number of benzene rings is 2. The smallest absolute Gasteiger partial charge is 0.128 e. The van der Waals surface area contributed by atoms with Crippen molar-refractivity contribution >= 4 is 34.2 Å². The average molecular weight is 402 g/mol. The van der Waals surface area contributed by atoms with Gasteiger partial charge in [-0.25, -0.2) is 0 Å². The van der Waals surface area contributed by atoms with E-state index in [1.165, 1.54) is 0 Å². The van der Waals surface area contributed by atoms with E-state index in [-0.39, 0.29) is 0 Å². The SMILES string of the molecule is CC(C)NCc1ccc(Oc2cccc(I)c2)cc1Cl. The first-order valence-electron chi connectivity index (χ1n) is 6.50. The third-order valence-electron chi connectivity index (χ3n) is 2.76. The largest absolute Gasteiger partial charge is 0.457 e. The first-order chi connectivity index (χ1) is 9.54. The summed E-state index contributed by atoms with van der Waals surface area (Å²) in [5.74, 6) is 1.58. The highest BCUT2D eigenvalue weighted by molar-refractivity contribution is 14.1. The van der Waals surface area contributed by atoms with Crippen LogP contribution in [0.1, 0.15) is 19.4 Å². The highest BCUT2D eigenvalue weighted by atomic mass is 127. The van der Waals surface area contributed by atoms with Gasteiger partial charge in [-0.15, -0.1) is 0 Å². The van der Waals surface area contributed by atoms with Crippen LogP contribution < -0.4 is 10.1 Å². The Bertz CT molecular complexity index is 586. The Morgan fingerprint density at radius 2 is 1.90 bits per heavy atom. The maximum atomic E-state index is 6.29. The van der Waals surface area contributed by atoms with Crippen LogP contribution in [0.3, 0.4) is 0 Å². The van der Waals surface area contributed by atoms with E-state index in [0.29, 0.717) is 6.04 Å². The molecule has 0 aliphatic carbocycles. The number of rotatable bonds is 5. The first-order valence-corrected chi connectivity index (χ1v) is 7.95. The lowest BCUT2D eigenvalue weighted by Crippen LogP contribution is -2.21. The Morgan fingerprint density at radius 1 is 1.15 bits per heavy atom. The third kappa shape index (κ3) is 4.65. The summed E-state index contributed by atoms with van der Waals surface area (Å²) in [6, 6.07) is 14.2. The van der Waals surface area contributed by atoms with Gasteiger partial charge in [0.25, 0.3) is 0 Å². The fourth-order valence-corrected chi connectivity index (χ4v) is 2.47. The quantitative estimate of drug-likeness (QED) is 0.692. The van der Waals surface area contributed by atoms with Gasteiger partial charge in [0, 0.05) is 21.2 Å². The van der Waals surface area contributed by atoms with Crippen molar-refractivity contribution in [2.24, 2.45) is 0 Å². The maximum absolute atomic E-state index is 6.29. The van der Waals surface area contributed by atoms with Crippen LogP contribution >= 0.6 is 34.2 Å². The molecule has 106 valence electrons. The summed E-state index contributed by atoms with van der Waals surface area (Å²) in [5, 5.41) is 4.08. The molecule has 2 aromatic rings. The van der Waals surface area contributed by atoms with Crippen molar-refractivity contribution in [2.75, 3.05) is 0 Å². The van der Waals surface area contributed by atoms with E-state index >= 15 is 0 Å². The van der Waals surface area contributed by atoms with Crippen LogP contribution in [0.5, 0.6) is 11.5 Å². The van der Waals surface area contributed by atoms with Gasteiger partial charge in [0.1, 0.15) is 11.5 Å². The molecular weight excluding hydrogens is 385 g/mol. The molecule has 0 aliphatic rings. The molecule has 2 aromatic carbocycles. The number of nitrogens with one attached hydrogen (secondary N) is 1. The first kappa shape index (κ1) is 15.6. The van der Waals surface area contributed by atoms with Gasteiger partial charge < -0.3 is 10.1 Å². The zero-order valence-corrected chi connectivity index (χ0v) is 14.4. The highest BCUT2D eigenvalue weighted by Crippen LogP contribution is 2.27. The summed E-state index contributed by atoms with van der Waals surface area (Å²) in [6.45, 7) is 4.99. The zero-order chi connectivity index (χ0) is 14.5. The molecule has 0 saturated heterocycles. The monoisotopic (exact) mass is 401 g/mol. The van der Waals surface area contributed by atoms with E-state index in [1.807, 2.05) is 42.5 Å². The van der Waals surface area contributed by atoms with E-state index < -0.39 is 0 Å². The molecule has 0 atom stereocenters. The number of halogens is 2. The zero-order valence-electron chi connectivity index (χ0n) is 11.5. The van der Waals surface area contributed by atoms with Crippen molar-refractivity contribution in [3.05, 3.63) is 56.6 Å². The Morgan fingerprint density at radius 3 is 2.55 bits per heavy atom. The second kappa shape index (κ2) is 7.29. The van der Waals surface area contributed by atoms with Crippen molar-refractivity contribution < 1.29 is 4.74 Å². The van der Waals surface area contributed by atoms with Crippen molar-refractivity contribution in [1.29, 1.82) is 0 Å². The molecule has 0 aliphatic heterocycles. The van der Waals surface area contributed by atoms with Crippen molar-refractivity contribution in [3.63, 3.8) is 0 Å². The Hall–Kier alpha value is -0.780. The normalized spacial score (nSPS) is 10.8. The van der Waals surface area contributed by atoms with E-state index in [4.69, 9.17) is 16.3 Å². The summed E-state index contributed by atoms with van der Waals surface area (Å²) in [4.78, 5) is 0. The molecule has 0 radical (unpaired) electrons. The summed E-state index contributed by atoms with van der Waals surface area (Å²) >= 11 is 8.55. The van der Waals surface area contributed by atoms with Crippen LogP contribution in [-0.4, -0.2) is 6.04 Å². The van der Waals surface area contributed by atoms with E-state index in [9.17, 15) is 0 Å². The Labute approximate surface area is 138 Å². The molecule has 0 bridgehead atoms. The van der Waals surface area contributed by atoms with Crippen molar-refractivity contribution in [2.45, 2.75) is 26.4 Å². The summed E-state index contributed by atoms with van der Waals surface area (Å²) in [5.41, 5.74) is 1.08. The van der Waals surface area contributed by atoms with Gasteiger partial charge in [0.15, 0.2) is 0 Å². The molecule has 2 nitrogen and oxygen atoms in total. The molecule has 0 heterocycles. The molecule has 2 rings (SSSR count). The molecule has 0 spiro atoms. The molecule has 0 fully saturated rings. The Kier molecular flexibility index (Phi) is 5.69. The van der Waals surface area contributed by atoms with Crippen LogP contribution in [0.25, 0.3) is 0 Å². The summed E-state index contributed by atoms with van der Waals surface area (Å²) < 4.78 is 6.95. The molecule has 20 heavy (non-hydrogen) atoms. The maximum Gasteiger partial charge on any atom is 0.128 e. The molecule has 0 unspecified atom stereocenters. The molecule has 1 N–H and O–H groups in total. The van der Waals surface area contributed by atoms with E-state index in [2.05, 4.69) is 41.8 Å². The van der Waals surface area contributed by atoms with Crippen LogP contribution in [0.4, 0.5) is 0 Å². The van der Waals surface area contributed by atoms with Crippen molar-refractivity contribution in [1.82, 2.24) is 5.32 Å². The number of hydrogen-bond acceptors (Lipinski definition) is 2. The van der Waals surface area contributed by atoms with Crippen LogP contribution in [0, 0.1) is 3.57 Å². The topological polar surface area (TPSA) is 21.3 Å². The van der Waals surface area contributed by atoms with Gasteiger partial charge in [0.05, 0.1) is 0 Å². The lowest BCUT2D eigenvalue weighted by Gasteiger charge is -2.11. The predicted molar refractivity (Wildman–Crippen MR) is 92.7 cm³/mol. The average Bonchev–Trinajstić information content (AvgIpc) is 2.37. The predicted octanol–water partition coefficient (Wildman–Crippen LogP) is 5.23. The second-order valence-corrected chi connectivity index (χ2v) is 6.50. The van der Waals surface area contributed by atoms with Crippen LogP contribution in [0.2, 0.25) is 5.02 Å². The van der Waals surface area contributed by atoms with E-state index in [0.717, 1.165) is 32.2 Å². The van der Waals surface area contributed by atoms with Crippen molar-refractivity contribution in [3.8, 4) is 11.5 Å². The minimum atomic E-state index is 0.438. The molecule has 4 heteroatoms. The molecule has 0 aromatic heterocycles. The fraction of sp³-hybridized carbons (Fsp3) is 0.250. The molecule has 0 saturated carbocycles. The highest BCUT2D eigenvalue weighted by Gasteiger charge is 2.05. The molecule has 0 amide bonds. The standard InChI is InChI=1S/C16H17ClINO/c1-11(2)19-10-12-6-7-15(9-16(12)17)20-14-5-3-4-13(18)8-14/h3-9,11,19H,10H2,1-2H3. The van der Waals surface area contributed by atoms with Crippen LogP contribution in [-0.2, 0) is 6.54 Å².